The van der Waals surface area contributed by atoms with E-state index < -0.39 is 17.4 Å². The van der Waals surface area contributed by atoms with Gasteiger partial charge in [-0.15, -0.1) is 0 Å². The third-order valence-electron chi connectivity index (χ3n) is 4.17. The average molecular weight is 293 g/mol. The molecule has 0 aliphatic heterocycles. The maximum atomic E-state index is 13.6. The second kappa shape index (κ2) is 5.84. The van der Waals surface area contributed by atoms with Gasteiger partial charge in [0.25, 0.3) is 5.91 Å². The van der Waals surface area contributed by atoms with Gasteiger partial charge < -0.3 is 10.4 Å². The first-order chi connectivity index (χ1) is 9.85. The van der Waals surface area contributed by atoms with Gasteiger partial charge in [0.1, 0.15) is 11.4 Å². The number of carbonyl (C=O) groups excluding carboxylic acids is 1. The van der Waals surface area contributed by atoms with Crippen LogP contribution in [-0.4, -0.2) is 22.5 Å². The fourth-order valence-corrected chi connectivity index (χ4v) is 2.91. The summed E-state index contributed by atoms with van der Waals surface area (Å²) in [4.78, 5) is 23.9. The molecular formula is C16H20FNO3. The molecule has 0 unspecified atom stereocenters. The molecule has 2 rings (SSSR count). The van der Waals surface area contributed by atoms with Crippen molar-refractivity contribution >= 4 is 11.9 Å². The Bertz CT molecular complexity index is 554. The predicted molar refractivity (Wildman–Crippen MR) is 76.8 cm³/mol. The van der Waals surface area contributed by atoms with Crippen LogP contribution in [0.2, 0.25) is 0 Å². The van der Waals surface area contributed by atoms with E-state index in [9.17, 15) is 19.1 Å². The molecule has 21 heavy (non-hydrogen) atoms. The molecule has 0 radical (unpaired) electrons. The Morgan fingerprint density at radius 3 is 2.14 bits per heavy atom. The van der Waals surface area contributed by atoms with Crippen LogP contribution in [0.1, 0.15) is 53.6 Å². The molecule has 1 aromatic carbocycles. The lowest BCUT2D eigenvalue weighted by molar-refractivity contribution is -0.145. The van der Waals surface area contributed by atoms with Gasteiger partial charge in [0.2, 0.25) is 0 Å². The Morgan fingerprint density at radius 1 is 1.14 bits per heavy atom. The summed E-state index contributed by atoms with van der Waals surface area (Å²) in [5.41, 5.74) is -0.120. The SMILES string of the molecule is Cc1cc(C(=O)NC2(C(=O)O)CCCCC2)cc(C)c1F. The molecule has 1 aliphatic carbocycles. The summed E-state index contributed by atoms with van der Waals surface area (Å²) >= 11 is 0. The van der Waals surface area contributed by atoms with Gasteiger partial charge in [0.05, 0.1) is 0 Å². The van der Waals surface area contributed by atoms with Crippen molar-refractivity contribution in [3.63, 3.8) is 0 Å². The molecule has 0 spiro atoms. The van der Waals surface area contributed by atoms with Gasteiger partial charge in [0.15, 0.2) is 0 Å². The molecule has 1 saturated carbocycles. The Kier molecular flexibility index (Phi) is 4.30. The topological polar surface area (TPSA) is 66.4 Å². The summed E-state index contributed by atoms with van der Waals surface area (Å²) in [5, 5.41) is 12.1. The number of amides is 1. The van der Waals surface area contributed by atoms with Crippen molar-refractivity contribution in [2.75, 3.05) is 0 Å². The van der Waals surface area contributed by atoms with Crippen LogP contribution in [0.25, 0.3) is 0 Å². The smallest absolute Gasteiger partial charge is 0.329 e. The zero-order chi connectivity index (χ0) is 15.6. The number of rotatable bonds is 3. The van der Waals surface area contributed by atoms with E-state index in [-0.39, 0.29) is 5.82 Å². The number of hydrogen-bond donors (Lipinski definition) is 2. The number of carbonyl (C=O) groups is 2. The van der Waals surface area contributed by atoms with E-state index in [1.165, 1.54) is 12.1 Å². The van der Waals surface area contributed by atoms with Gasteiger partial charge >= 0.3 is 5.97 Å². The van der Waals surface area contributed by atoms with E-state index in [1.54, 1.807) is 13.8 Å². The highest BCUT2D eigenvalue weighted by Crippen LogP contribution is 2.29. The third kappa shape index (κ3) is 3.06. The molecule has 0 atom stereocenters. The first-order valence-electron chi connectivity index (χ1n) is 7.18. The van der Waals surface area contributed by atoms with Crippen molar-refractivity contribution in [2.24, 2.45) is 0 Å². The first-order valence-corrected chi connectivity index (χ1v) is 7.18. The summed E-state index contributed by atoms with van der Waals surface area (Å²) < 4.78 is 13.6. The molecule has 4 nitrogen and oxygen atoms in total. The van der Waals surface area contributed by atoms with Crippen LogP contribution in [0.15, 0.2) is 12.1 Å². The van der Waals surface area contributed by atoms with Gasteiger partial charge in [0, 0.05) is 5.56 Å². The monoisotopic (exact) mass is 293 g/mol. The molecular weight excluding hydrogens is 273 g/mol. The highest BCUT2D eigenvalue weighted by atomic mass is 19.1. The van der Waals surface area contributed by atoms with Crippen molar-refractivity contribution in [1.29, 1.82) is 0 Å². The lowest BCUT2D eigenvalue weighted by atomic mass is 9.81. The van der Waals surface area contributed by atoms with Crippen molar-refractivity contribution in [3.05, 3.63) is 34.6 Å². The molecule has 1 amide bonds. The van der Waals surface area contributed by atoms with E-state index >= 15 is 0 Å². The minimum Gasteiger partial charge on any atom is -0.480 e. The number of aliphatic carboxylic acids is 1. The van der Waals surface area contributed by atoms with Crippen LogP contribution < -0.4 is 5.32 Å². The molecule has 0 heterocycles. The van der Waals surface area contributed by atoms with E-state index in [4.69, 9.17) is 0 Å². The second-order valence-corrected chi connectivity index (χ2v) is 5.83. The minimum atomic E-state index is -1.19. The van der Waals surface area contributed by atoms with Gasteiger partial charge in [-0.25, -0.2) is 9.18 Å². The number of carboxylic acids is 1. The number of benzene rings is 1. The normalized spacial score (nSPS) is 17.3. The highest BCUT2D eigenvalue weighted by Gasteiger charge is 2.41. The Labute approximate surface area is 123 Å². The Hall–Kier alpha value is -1.91. The lowest BCUT2D eigenvalue weighted by Crippen LogP contribution is -2.55. The zero-order valence-electron chi connectivity index (χ0n) is 12.3. The van der Waals surface area contributed by atoms with E-state index in [0.717, 1.165) is 19.3 Å². The molecule has 5 heteroatoms. The second-order valence-electron chi connectivity index (χ2n) is 5.83. The number of carboxylic acid groups (broad SMARTS) is 1. The van der Waals surface area contributed by atoms with Gasteiger partial charge in [-0.2, -0.15) is 0 Å². The fraction of sp³-hybridized carbons (Fsp3) is 0.500. The zero-order valence-corrected chi connectivity index (χ0v) is 12.3. The molecule has 2 N–H and O–H groups in total. The molecule has 1 aromatic rings. The molecule has 1 fully saturated rings. The van der Waals surface area contributed by atoms with Crippen LogP contribution in [0.4, 0.5) is 4.39 Å². The average Bonchev–Trinajstić information content (AvgIpc) is 2.45. The number of aryl methyl sites for hydroxylation is 2. The summed E-state index contributed by atoms with van der Waals surface area (Å²) in [5.74, 6) is -1.78. The Balaban J connectivity index is 2.25. The minimum absolute atomic E-state index is 0.303. The van der Waals surface area contributed by atoms with Crippen LogP contribution in [0, 0.1) is 19.7 Å². The van der Waals surface area contributed by atoms with Crippen LogP contribution in [0.5, 0.6) is 0 Å². The molecule has 0 bridgehead atoms. The largest absolute Gasteiger partial charge is 0.480 e. The summed E-state index contributed by atoms with van der Waals surface area (Å²) in [6.45, 7) is 3.18. The molecule has 0 saturated heterocycles. The first kappa shape index (κ1) is 15.5. The number of halogens is 1. The fourth-order valence-electron chi connectivity index (χ4n) is 2.91. The van der Waals surface area contributed by atoms with Crippen molar-refractivity contribution in [2.45, 2.75) is 51.5 Å². The maximum Gasteiger partial charge on any atom is 0.329 e. The van der Waals surface area contributed by atoms with Crippen LogP contribution >= 0.6 is 0 Å². The van der Waals surface area contributed by atoms with E-state index in [0.29, 0.717) is 29.5 Å². The number of hydrogen-bond acceptors (Lipinski definition) is 2. The molecule has 114 valence electrons. The van der Waals surface area contributed by atoms with E-state index in [2.05, 4.69) is 5.32 Å². The summed E-state index contributed by atoms with van der Waals surface area (Å²) in [7, 11) is 0. The van der Waals surface area contributed by atoms with E-state index in [1.807, 2.05) is 0 Å². The predicted octanol–water partition coefficient (Wildman–Crippen LogP) is 2.96. The number of nitrogens with one attached hydrogen (secondary N) is 1. The summed E-state index contributed by atoms with van der Waals surface area (Å²) in [6.07, 6.45) is 3.43. The molecule has 1 aliphatic rings. The van der Waals surface area contributed by atoms with Crippen LogP contribution in [-0.2, 0) is 4.79 Å². The summed E-state index contributed by atoms with van der Waals surface area (Å²) in [6, 6.07) is 2.91. The van der Waals surface area contributed by atoms with Crippen molar-refractivity contribution in [1.82, 2.24) is 5.32 Å². The van der Waals surface area contributed by atoms with Crippen molar-refractivity contribution < 1.29 is 19.1 Å². The standard InChI is InChI=1S/C16H20FNO3/c1-10-8-12(9-11(2)13(10)17)14(19)18-16(15(20)21)6-4-3-5-7-16/h8-9H,3-7H2,1-2H3,(H,18,19)(H,20,21). The van der Waals surface area contributed by atoms with Crippen molar-refractivity contribution in [3.8, 4) is 0 Å². The molecule has 0 aromatic heterocycles. The maximum absolute atomic E-state index is 13.6. The Morgan fingerprint density at radius 2 is 1.67 bits per heavy atom. The quantitative estimate of drug-likeness (QED) is 0.900. The van der Waals surface area contributed by atoms with Gasteiger partial charge in [-0.3, -0.25) is 4.79 Å². The van der Waals surface area contributed by atoms with Crippen LogP contribution in [0.3, 0.4) is 0 Å². The highest BCUT2D eigenvalue weighted by molar-refractivity contribution is 5.98. The van der Waals surface area contributed by atoms with Gasteiger partial charge in [-0.1, -0.05) is 19.3 Å². The van der Waals surface area contributed by atoms with Gasteiger partial charge in [-0.05, 0) is 49.9 Å². The third-order valence-corrected chi connectivity index (χ3v) is 4.17. The lowest BCUT2D eigenvalue weighted by Gasteiger charge is -2.34.